The maximum atomic E-state index is 12.0. The van der Waals surface area contributed by atoms with Crippen LogP contribution < -0.4 is 10.1 Å². The molecule has 0 aliphatic rings. The number of hydrogen-bond acceptors (Lipinski definition) is 4. The zero-order valence-electron chi connectivity index (χ0n) is 12.5. The normalized spacial score (nSPS) is 12.4. The van der Waals surface area contributed by atoms with Crippen molar-refractivity contribution in [2.75, 3.05) is 7.11 Å². The summed E-state index contributed by atoms with van der Waals surface area (Å²) in [5, 5.41) is 2.60. The molecule has 1 N–H and O–H groups in total. The molecular weight excluding hydrogens is 258 g/mol. The monoisotopic (exact) mass is 279 g/mol. The molecular formula is C15H21NO4. The van der Waals surface area contributed by atoms with Crippen molar-refractivity contribution in [2.24, 2.45) is 0 Å². The molecule has 110 valence electrons. The Balaban J connectivity index is 2.67. The van der Waals surface area contributed by atoms with E-state index in [1.165, 1.54) is 7.11 Å². The SMILES string of the molecule is COc1cccc(C(=O)N[C@@H](C)C(=O)OC(C)(C)C)c1. The molecule has 0 aromatic heterocycles. The summed E-state index contributed by atoms with van der Waals surface area (Å²) >= 11 is 0. The molecule has 0 radical (unpaired) electrons. The Morgan fingerprint density at radius 3 is 2.45 bits per heavy atom. The van der Waals surface area contributed by atoms with Crippen LogP contribution in [0.4, 0.5) is 0 Å². The van der Waals surface area contributed by atoms with E-state index in [1.54, 1.807) is 52.0 Å². The van der Waals surface area contributed by atoms with Crippen LogP contribution in [0.5, 0.6) is 5.75 Å². The number of esters is 1. The molecule has 1 amide bonds. The van der Waals surface area contributed by atoms with E-state index < -0.39 is 17.6 Å². The predicted molar refractivity (Wildman–Crippen MR) is 75.8 cm³/mol. The smallest absolute Gasteiger partial charge is 0.328 e. The van der Waals surface area contributed by atoms with E-state index in [4.69, 9.17) is 9.47 Å². The Labute approximate surface area is 119 Å². The summed E-state index contributed by atoms with van der Waals surface area (Å²) < 4.78 is 10.3. The second-order valence-electron chi connectivity index (χ2n) is 5.46. The molecule has 0 saturated carbocycles. The van der Waals surface area contributed by atoms with E-state index in [2.05, 4.69) is 5.32 Å². The van der Waals surface area contributed by atoms with Crippen LogP contribution >= 0.6 is 0 Å². The average molecular weight is 279 g/mol. The van der Waals surface area contributed by atoms with Gasteiger partial charge in [0.25, 0.3) is 5.91 Å². The largest absolute Gasteiger partial charge is 0.497 e. The number of rotatable bonds is 4. The number of ether oxygens (including phenoxy) is 2. The van der Waals surface area contributed by atoms with Gasteiger partial charge in [0.15, 0.2) is 0 Å². The highest BCUT2D eigenvalue weighted by molar-refractivity contribution is 5.97. The molecule has 20 heavy (non-hydrogen) atoms. The molecule has 1 atom stereocenters. The molecule has 5 heteroatoms. The van der Waals surface area contributed by atoms with E-state index in [0.29, 0.717) is 11.3 Å². The second kappa shape index (κ2) is 6.41. The highest BCUT2D eigenvalue weighted by Crippen LogP contribution is 2.13. The summed E-state index contributed by atoms with van der Waals surface area (Å²) in [5.41, 5.74) is -0.147. The van der Waals surface area contributed by atoms with Crippen molar-refractivity contribution in [3.05, 3.63) is 29.8 Å². The quantitative estimate of drug-likeness (QED) is 0.858. The molecule has 1 aromatic rings. The number of benzene rings is 1. The molecule has 0 heterocycles. The van der Waals surface area contributed by atoms with Crippen molar-refractivity contribution >= 4 is 11.9 Å². The molecule has 1 rings (SSSR count). The van der Waals surface area contributed by atoms with Crippen molar-refractivity contribution in [3.63, 3.8) is 0 Å². The van der Waals surface area contributed by atoms with Crippen molar-refractivity contribution in [1.29, 1.82) is 0 Å². The zero-order valence-corrected chi connectivity index (χ0v) is 12.5. The van der Waals surface area contributed by atoms with Crippen LogP contribution in [0, 0.1) is 0 Å². The number of amides is 1. The van der Waals surface area contributed by atoms with Gasteiger partial charge in [-0.05, 0) is 45.9 Å². The number of nitrogens with one attached hydrogen (secondary N) is 1. The lowest BCUT2D eigenvalue weighted by Crippen LogP contribution is -2.42. The lowest BCUT2D eigenvalue weighted by atomic mass is 10.1. The molecule has 0 aliphatic carbocycles. The highest BCUT2D eigenvalue weighted by Gasteiger charge is 2.23. The van der Waals surface area contributed by atoms with Crippen LogP contribution in [-0.2, 0) is 9.53 Å². The van der Waals surface area contributed by atoms with Gasteiger partial charge >= 0.3 is 5.97 Å². The fraction of sp³-hybridized carbons (Fsp3) is 0.467. The molecule has 0 bridgehead atoms. The Morgan fingerprint density at radius 1 is 1.25 bits per heavy atom. The maximum absolute atomic E-state index is 12.0. The first kappa shape index (κ1) is 16.0. The van der Waals surface area contributed by atoms with E-state index >= 15 is 0 Å². The van der Waals surface area contributed by atoms with Crippen molar-refractivity contribution in [1.82, 2.24) is 5.32 Å². The van der Waals surface area contributed by atoms with Crippen LogP contribution in [0.3, 0.4) is 0 Å². The van der Waals surface area contributed by atoms with E-state index in [0.717, 1.165) is 0 Å². The fourth-order valence-corrected chi connectivity index (χ4v) is 1.49. The third-order valence-electron chi connectivity index (χ3n) is 2.44. The van der Waals surface area contributed by atoms with Gasteiger partial charge in [0.2, 0.25) is 0 Å². The van der Waals surface area contributed by atoms with Gasteiger partial charge in [-0.25, -0.2) is 4.79 Å². The fourth-order valence-electron chi connectivity index (χ4n) is 1.49. The van der Waals surface area contributed by atoms with Gasteiger partial charge in [-0.3, -0.25) is 4.79 Å². The summed E-state index contributed by atoms with van der Waals surface area (Å²) in [6.45, 7) is 6.93. The minimum atomic E-state index is -0.715. The minimum absolute atomic E-state index is 0.345. The summed E-state index contributed by atoms with van der Waals surface area (Å²) in [6, 6.07) is 6.00. The number of methoxy groups -OCH3 is 1. The number of carbonyl (C=O) groups excluding carboxylic acids is 2. The first-order valence-corrected chi connectivity index (χ1v) is 6.40. The first-order valence-electron chi connectivity index (χ1n) is 6.40. The third-order valence-corrected chi connectivity index (χ3v) is 2.44. The van der Waals surface area contributed by atoms with Gasteiger partial charge in [-0.2, -0.15) is 0 Å². The summed E-state index contributed by atoms with van der Waals surface area (Å²) in [5.74, 6) is -0.224. The third kappa shape index (κ3) is 4.91. The summed E-state index contributed by atoms with van der Waals surface area (Å²) in [4.78, 5) is 23.8. The summed E-state index contributed by atoms with van der Waals surface area (Å²) in [6.07, 6.45) is 0. The van der Waals surface area contributed by atoms with Crippen molar-refractivity contribution in [2.45, 2.75) is 39.3 Å². The van der Waals surface area contributed by atoms with Gasteiger partial charge < -0.3 is 14.8 Å². The lowest BCUT2D eigenvalue weighted by molar-refractivity contribution is -0.156. The molecule has 0 fully saturated rings. The lowest BCUT2D eigenvalue weighted by Gasteiger charge is -2.22. The predicted octanol–water partition coefficient (Wildman–Crippen LogP) is 2.16. The Hall–Kier alpha value is -2.04. The Kier molecular flexibility index (Phi) is 5.13. The highest BCUT2D eigenvalue weighted by atomic mass is 16.6. The molecule has 5 nitrogen and oxygen atoms in total. The molecule has 1 aromatic carbocycles. The standard InChI is InChI=1S/C15H21NO4/c1-10(14(18)20-15(2,3)4)16-13(17)11-7-6-8-12(9-11)19-5/h6-10H,1-5H3,(H,16,17)/t10-/m0/s1. The van der Waals surface area contributed by atoms with Crippen LogP contribution in [0.15, 0.2) is 24.3 Å². The van der Waals surface area contributed by atoms with Crippen LogP contribution in [0.25, 0.3) is 0 Å². The van der Waals surface area contributed by atoms with Crippen LogP contribution in [-0.4, -0.2) is 30.6 Å². The van der Waals surface area contributed by atoms with Crippen molar-refractivity contribution < 1.29 is 19.1 Å². The Bertz CT molecular complexity index is 491. The maximum Gasteiger partial charge on any atom is 0.328 e. The van der Waals surface area contributed by atoms with Gasteiger partial charge in [0, 0.05) is 5.56 Å². The minimum Gasteiger partial charge on any atom is -0.497 e. The molecule has 0 aliphatic heterocycles. The van der Waals surface area contributed by atoms with Crippen molar-refractivity contribution in [3.8, 4) is 5.75 Å². The van der Waals surface area contributed by atoms with Gasteiger partial charge in [-0.15, -0.1) is 0 Å². The number of hydrogen-bond donors (Lipinski definition) is 1. The Morgan fingerprint density at radius 2 is 1.90 bits per heavy atom. The first-order chi connectivity index (χ1) is 9.23. The average Bonchev–Trinajstić information content (AvgIpc) is 2.36. The van der Waals surface area contributed by atoms with Gasteiger partial charge in [0.1, 0.15) is 17.4 Å². The topological polar surface area (TPSA) is 64.6 Å². The van der Waals surface area contributed by atoms with E-state index in [-0.39, 0.29) is 5.91 Å². The van der Waals surface area contributed by atoms with Crippen LogP contribution in [0.2, 0.25) is 0 Å². The summed E-state index contributed by atoms with van der Waals surface area (Å²) in [7, 11) is 1.53. The second-order valence-corrected chi connectivity index (χ2v) is 5.46. The zero-order chi connectivity index (χ0) is 15.3. The molecule has 0 spiro atoms. The molecule has 0 saturated heterocycles. The van der Waals surface area contributed by atoms with E-state index in [9.17, 15) is 9.59 Å². The van der Waals surface area contributed by atoms with Gasteiger partial charge in [0.05, 0.1) is 7.11 Å². The van der Waals surface area contributed by atoms with E-state index in [1.807, 2.05) is 0 Å². The molecule has 0 unspecified atom stereocenters. The van der Waals surface area contributed by atoms with Gasteiger partial charge in [-0.1, -0.05) is 6.07 Å². The number of carbonyl (C=O) groups is 2. The van der Waals surface area contributed by atoms with Crippen LogP contribution in [0.1, 0.15) is 38.1 Å².